The van der Waals surface area contributed by atoms with Crippen molar-refractivity contribution in [1.82, 2.24) is 9.78 Å². The summed E-state index contributed by atoms with van der Waals surface area (Å²) in [5, 5.41) is 4.14. The molecule has 2 aromatic rings. The van der Waals surface area contributed by atoms with Crippen LogP contribution in [0.15, 0.2) is 30.5 Å². The molecule has 0 N–H and O–H groups in total. The van der Waals surface area contributed by atoms with Crippen molar-refractivity contribution in [2.24, 2.45) is 0 Å². The van der Waals surface area contributed by atoms with Crippen LogP contribution in [-0.4, -0.2) is 28.6 Å². The van der Waals surface area contributed by atoms with Gasteiger partial charge in [-0.25, -0.2) is 9.48 Å². The van der Waals surface area contributed by atoms with Crippen molar-refractivity contribution in [1.29, 1.82) is 0 Å². The van der Waals surface area contributed by atoms with Gasteiger partial charge in [0.2, 0.25) is 0 Å². The lowest BCUT2D eigenvalue weighted by atomic mass is 10.2. The maximum atomic E-state index is 11.7. The van der Waals surface area contributed by atoms with Gasteiger partial charge in [-0.3, -0.25) is 4.79 Å². The first-order chi connectivity index (χ1) is 9.17. The van der Waals surface area contributed by atoms with Gasteiger partial charge in [-0.05, 0) is 25.5 Å². The number of para-hydroxylation sites is 1. The minimum Gasteiger partial charge on any atom is -0.461 e. The molecule has 0 atom stereocenters. The maximum absolute atomic E-state index is 11.7. The molecule has 0 aliphatic carbocycles. The zero-order chi connectivity index (χ0) is 13.8. The second-order valence-electron chi connectivity index (χ2n) is 4.00. The largest absolute Gasteiger partial charge is 0.461 e. The molecule has 19 heavy (non-hydrogen) atoms. The zero-order valence-electron chi connectivity index (χ0n) is 10.8. The van der Waals surface area contributed by atoms with Crippen molar-refractivity contribution in [3.05, 3.63) is 47.3 Å². The van der Waals surface area contributed by atoms with E-state index in [-0.39, 0.29) is 17.9 Å². The average Bonchev–Trinajstić information content (AvgIpc) is 2.83. The minimum atomic E-state index is -0.586. The van der Waals surface area contributed by atoms with E-state index in [9.17, 15) is 9.59 Å². The van der Waals surface area contributed by atoms with Gasteiger partial charge in [0, 0.05) is 6.20 Å². The summed E-state index contributed by atoms with van der Waals surface area (Å²) in [6.45, 7) is 3.88. The van der Waals surface area contributed by atoms with E-state index in [1.807, 2.05) is 31.2 Å². The van der Waals surface area contributed by atoms with E-state index in [0.29, 0.717) is 6.29 Å². The molecule has 0 bridgehead atoms. The highest BCUT2D eigenvalue weighted by Crippen LogP contribution is 2.15. The van der Waals surface area contributed by atoms with Crippen LogP contribution < -0.4 is 0 Å². The Morgan fingerprint density at radius 3 is 2.79 bits per heavy atom. The summed E-state index contributed by atoms with van der Waals surface area (Å²) in [5.74, 6) is -0.586. The highest BCUT2D eigenvalue weighted by atomic mass is 16.5. The molecule has 0 unspecified atom stereocenters. The number of esters is 1. The van der Waals surface area contributed by atoms with Crippen LogP contribution in [0.5, 0.6) is 0 Å². The van der Waals surface area contributed by atoms with Crippen molar-refractivity contribution in [2.75, 3.05) is 6.61 Å². The number of aromatic nitrogens is 2. The van der Waals surface area contributed by atoms with E-state index >= 15 is 0 Å². The number of aldehydes is 1. The molecule has 0 amide bonds. The van der Waals surface area contributed by atoms with Crippen LogP contribution in [0.2, 0.25) is 0 Å². The predicted molar refractivity (Wildman–Crippen MR) is 69.6 cm³/mol. The van der Waals surface area contributed by atoms with E-state index in [4.69, 9.17) is 4.74 Å². The van der Waals surface area contributed by atoms with Crippen LogP contribution in [0.4, 0.5) is 0 Å². The Morgan fingerprint density at radius 1 is 1.42 bits per heavy atom. The Morgan fingerprint density at radius 2 is 2.16 bits per heavy atom. The Bertz CT molecular complexity index is 617. The van der Waals surface area contributed by atoms with Gasteiger partial charge in [-0.2, -0.15) is 5.10 Å². The summed E-state index contributed by atoms with van der Waals surface area (Å²) >= 11 is 0. The molecule has 2 rings (SSSR count). The first-order valence-electron chi connectivity index (χ1n) is 5.95. The molecule has 0 aliphatic rings. The highest BCUT2D eigenvalue weighted by Gasteiger charge is 2.18. The van der Waals surface area contributed by atoms with E-state index in [2.05, 4.69) is 5.10 Å². The summed E-state index contributed by atoms with van der Waals surface area (Å²) < 4.78 is 6.40. The molecule has 0 saturated heterocycles. The fraction of sp³-hybridized carbons (Fsp3) is 0.214. The summed E-state index contributed by atoms with van der Waals surface area (Å²) in [7, 11) is 0. The highest BCUT2D eigenvalue weighted by molar-refractivity contribution is 5.96. The number of hydrogen-bond donors (Lipinski definition) is 0. The molecule has 5 nitrogen and oxygen atoms in total. The van der Waals surface area contributed by atoms with Crippen molar-refractivity contribution in [3.8, 4) is 5.69 Å². The summed E-state index contributed by atoms with van der Waals surface area (Å²) in [6.07, 6.45) is 2.13. The van der Waals surface area contributed by atoms with E-state index in [1.54, 1.807) is 6.92 Å². The first kappa shape index (κ1) is 13.0. The van der Waals surface area contributed by atoms with Gasteiger partial charge in [0.15, 0.2) is 12.0 Å². The number of benzene rings is 1. The summed E-state index contributed by atoms with van der Waals surface area (Å²) in [5.41, 5.74) is 2.08. The molecule has 0 saturated carbocycles. The monoisotopic (exact) mass is 258 g/mol. The summed E-state index contributed by atoms with van der Waals surface area (Å²) in [4.78, 5) is 22.7. The van der Waals surface area contributed by atoms with Crippen molar-refractivity contribution in [3.63, 3.8) is 0 Å². The van der Waals surface area contributed by atoms with Crippen LogP contribution in [-0.2, 0) is 4.74 Å². The van der Waals surface area contributed by atoms with Crippen molar-refractivity contribution in [2.45, 2.75) is 13.8 Å². The second-order valence-corrected chi connectivity index (χ2v) is 4.00. The molecular weight excluding hydrogens is 244 g/mol. The lowest BCUT2D eigenvalue weighted by Crippen LogP contribution is -2.08. The van der Waals surface area contributed by atoms with Gasteiger partial charge < -0.3 is 4.74 Å². The van der Waals surface area contributed by atoms with E-state index < -0.39 is 5.97 Å². The molecule has 0 radical (unpaired) electrons. The average molecular weight is 258 g/mol. The third-order valence-corrected chi connectivity index (χ3v) is 2.70. The molecule has 0 fully saturated rings. The number of hydrogen-bond acceptors (Lipinski definition) is 4. The Kier molecular flexibility index (Phi) is 3.75. The topological polar surface area (TPSA) is 61.2 Å². The first-order valence-corrected chi connectivity index (χ1v) is 5.95. The van der Waals surface area contributed by atoms with Crippen LogP contribution in [0.25, 0.3) is 5.69 Å². The quantitative estimate of drug-likeness (QED) is 0.623. The molecule has 0 aliphatic heterocycles. The molecule has 1 aromatic heterocycles. The third kappa shape index (κ3) is 2.54. The molecule has 1 aromatic carbocycles. The number of rotatable bonds is 4. The number of carbonyl (C=O) groups is 2. The van der Waals surface area contributed by atoms with E-state index in [1.165, 1.54) is 10.9 Å². The van der Waals surface area contributed by atoms with Gasteiger partial charge in [0.1, 0.15) is 0 Å². The van der Waals surface area contributed by atoms with Crippen LogP contribution in [0, 0.1) is 6.92 Å². The van der Waals surface area contributed by atoms with Gasteiger partial charge in [0.05, 0.1) is 17.9 Å². The fourth-order valence-electron chi connectivity index (χ4n) is 1.78. The SMILES string of the molecule is CCOC(=O)c1nn(-c2ccccc2C)cc1C=O. The second kappa shape index (κ2) is 5.48. The number of nitrogens with zero attached hydrogens (tertiary/aromatic N) is 2. The molecule has 1 heterocycles. The normalized spacial score (nSPS) is 10.2. The standard InChI is InChI=1S/C14H14N2O3/c1-3-19-14(18)13-11(9-17)8-16(15-13)12-7-5-4-6-10(12)2/h4-9H,3H2,1-2H3. The molecule has 5 heteroatoms. The van der Waals surface area contributed by atoms with Crippen LogP contribution in [0.3, 0.4) is 0 Å². The summed E-state index contributed by atoms with van der Waals surface area (Å²) in [6, 6.07) is 7.58. The van der Waals surface area contributed by atoms with Crippen LogP contribution in [0.1, 0.15) is 33.3 Å². The van der Waals surface area contributed by atoms with Crippen molar-refractivity contribution < 1.29 is 14.3 Å². The number of ether oxygens (including phenoxy) is 1. The third-order valence-electron chi connectivity index (χ3n) is 2.70. The fourth-order valence-corrected chi connectivity index (χ4v) is 1.78. The molecule has 0 spiro atoms. The zero-order valence-corrected chi connectivity index (χ0v) is 10.8. The number of carbonyl (C=O) groups excluding carboxylic acids is 2. The van der Waals surface area contributed by atoms with Gasteiger partial charge >= 0.3 is 5.97 Å². The van der Waals surface area contributed by atoms with Gasteiger partial charge in [-0.15, -0.1) is 0 Å². The minimum absolute atomic E-state index is 0.0418. The Labute approximate surface area is 110 Å². The number of aryl methyl sites for hydroxylation is 1. The smallest absolute Gasteiger partial charge is 0.359 e. The van der Waals surface area contributed by atoms with Gasteiger partial charge in [0.25, 0.3) is 0 Å². The van der Waals surface area contributed by atoms with Gasteiger partial charge in [-0.1, -0.05) is 18.2 Å². The van der Waals surface area contributed by atoms with E-state index in [0.717, 1.165) is 11.3 Å². The molecular formula is C14H14N2O3. The lowest BCUT2D eigenvalue weighted by Gasteiger charge is -2.04. The predicted octanol–water partition coefficient (Wildman–Crippen LogP) is 2.17. The van der Waals surface area contributed by atoms with Crippen molar-refractivity contribution >= 4 is 12.3 Å². The maximum Gasteiger partial charge on any atom is 0.359 e. The molecule has 98 valence electrons. The Balaban J connectivity index is 2.47. The lowest BCUT2D eigenvalue weighted by molar-refractivity contribution is 0.0517. The Hall–Kier alpha value is -2.43. The van der Waals surface area contributed by atoms with Crippen LogP contribution >= 0.6 is 0 Å².